The normalized spacial score (nSPS) is 14.8. The van der Waals surface area contributed by atoms with Crippen molar-refractivity contribution in [3.8, 4) is 0 Å². The van der Waals surface area contributed by atoms with Crippen molar-refractivity contribution in [2.24, 2.45) is 5.92 Å². The minimum Gasteiger partial charge on any atom is -0.350 e. The molecule has 1 heterocycles. The minimum atomic E-state index is -0.248. The highest BCUT2D eigenvalue weighted by atomic mass is 32.1. The summed E-state index contributed by atoms with van der Waals surface area (Å²) >= 11 is 1.04. The number of nitrogens with one attached hydrogen (secondary N) is 2. The Morgan fingerprint density at radius 1 is 1.28 bits per heavy atom. The predicted molar refractivity (Wildman–Crippen MR) is 97.6 cm³/mol. The van der Waals surface area contributed by atoms with Crippen molar-refractivity contribution < 1.29 is 9.59 Å². The zero-order chi connectivity index (χ0) is 17.8. The van der Waals surface area contributed by atoms with Gasteiger partial charge in [-0.15, -0.1) is 5.10 Å². The molecule has 1 atom stereocenters. The van der Waals surface area contributed by atoms with Crippen LogP contribution in [0.15, 0.2) is 24.3 Å². The topological polar surface area (TPSA) is 84.0 Å². The van der Waals surface area contributed by atoms with Crippen molar-refractivity contribution in [1.29, 1.82) is 0 Å². The first-order valence-electron chi connectivity index (χ1n) is 8.58. The Bertz CT molecular complexity index is 753. The van der Waals surface area contributed by atoms with Gasteiger partial charge in [0.25, 0.3) is 5.91 Å². The monoisotopic (exact) mass is 358 g/mol. The number of hydrogen-bond acceptors (Lipinski definition) is 5. The molecule has 132 valence electrons. The fourth-order valence-electron chi connectivity index (χ4n) is 2.48. The lowest BCUT2D eigenvalue weighted by Crippen LogP contribution is -2.25. The first kappa shape index (κ1) is 17.5. The third-order valence-electron chi connectivity index (χ3n) is 4.49. The van der Waals surface area contributed by atoms with Crippen LogP contribution in [0.3, 0.4) is 0 Å². The predicted octanol–water partition coefficient (Wildman–Crippen LogP) is 3.33. The van der Waals surface area contributed by atoms with Gasteiger partial charge in [0.1, 0.15) is 10.6 Å². The zero-order valence-corrected chi connectivity index (χ0v) is 15.2. The molecule has 1 aromatic heterocycles. The first-order chi connectivity index (χ1) is 12.1. The van der Waals surface area contributed by atoms with Crippen LogP contribution in [0.4, 0.5) is 5.69 Å². The lowest BCUT2D eigenvalue weighted by molar-refractivity contribution is -0.122. The number of nitrogens with zero attached hydrogens (tertiary/aromatic N) is 2. The highest BCUT2D eigenvalue weighted by molar-refractivity contribution is 7.08. The summed E-state index contributed by atoms with van der Waals surface area (Å²) in [5, 5.41) is 9.66. The van der Waals surface area contributed by atoms with Crippen LogP contribution < -0.4 is 10.6 Å². The van der Waals surface area contributed by atoms with E-state index >= 15 is 0 Å². The molecule has 1 aromatic carbocycles. The largest absolute Gasteiger partial charge is 0.350 e. The Labute approximate surface area is 151 Å². The van der Waals surface area contributed by atoms with Crippen LogP contribution in [0.25, 0.3) is 0 Å². The molecule has 1 aliphatic rings. The van der Waals surface area contributed by atoms with Crippen LogP contribution in [0.1, 0.15) is 60.0 Å². The van der Waals surface area contributed by atoms with E-state index < -0.39 is 0 Å². The first-order valence-corrected chi connectivity index (χ1v) is 9.36. The lowest BCUT2D eigenvalue weighted by Gasteiger charge is -2.10. The smallest absolute Gasteiger partial charge is 0.269 e. The number of carbonyl (C=O) groups is 2. The molecule has 1 saturated carbocycles. The van der Waals surface area contributed by atoms with E-state index in [1.807, 2.05) is 24.3 Å². The van der Waals surface area contributed by atoms with Crippen molar-refractivity contribution in [3.63, 3.8) is 0 Å². The van der Waals surface area contributed by atoms with E-state index in [1.54, 1.807) is 0 Å². The van der Waals surface area contributed by atoms with Gasteiger partial charge < -0.3 is 10.6 Å². The zero-order valence-electron chi connectivity index (χ0n) is 14.4. The number of benzene rings is 1. The molecule has 0 radical (unpaired) electrons. The number of amides is 2. The number of rotatable bonds is 7. The van der Waals surface area contributed by atoms with E-state index in [0.717, 1.165) is 36.5 Å². The third kappa shape index (κ3) is 4.42. The summed E-state index contributed by atoms with van der Waals surface area (Å²) < 4.78 is 3.85. The molecule has 1 unspecified atom stereocenters. The summed E-state index contributed by atoms with van der Waals surface area (Å²) in [4.78, 5) is 24.6. The number of anilines is 1. The van der Waals surface area contributed by atoms with Gasteiger partial charge in [-0.05, 0) is 54.4 Å². The average Bonchev–Trinajstić information content (AvgIpc) is 3.37. The second kappa shape index (κ2) is 7.74. The molecule has 25 heavy (non-hydrogen) atoms. The molecule has 6 nitrogen and oxygen atoms in total. The summed E-state index contributed by atoms with van der Waals surface area (Å²) in [6, 6.07) is 7.88. The van der Waals surface area contributed by atoms with Gasteiger partial charge >= 0.3 is 0 Å². The van der Waals surface area contributed by atoms with Gasteiger partial charge in [0.15, 0.2) is 0 Å². The van der Waals surface area contributed by atoms with Gasteiger partial charge in [-0.1, -0.05) is 30.5 Å². The minimum absolute atomic E-state index is 0.0278. The molecule has 2 aromatic rings. The van der Waals surface area contributed by atoms with Crippen molar-refractivity contribution in [2.75, 3.05) is 5.32 Å². The Kier molecular flexibility index (Phi) is 5.43. The maximum Gasteiger partial charge on any atom is 0.269 e. The van der Waals surface area contributed by atoms with Gasteiger partial charge in [-0.3, -0.25) is 9.59 Å². The fourth-order valence-corrected chi connectivity index (χ4v) is 3.05. The number of hydrogen-bond donors (Lipinski definition) is 2. The Morgan fingerprint density at radius 2 is 2.00 bits per heavy atom. The maximum absolute atomic E-state index is 12.5. The molecule has 2 amide bonds. The Balaban J connectivity index is 1.61. The van der Waals surface area contributed by atoms with Gasteiger partial charge in [0, 0.05) is 11.6 Å². The second-order valence-corrected chi connectivity index (χ2v) is 7.18. The summed E-state index contributed by atoms with van der Waals surface area (Å²) in [5.74, 6) is 0.409. The van der Waals surface area contributed by atoms with Crippen molar-refractivity contribution in [1.82, 2.24) is 14.9 Å². The average molecular weight is 358 g/mol. The van der Waals surface area contributed by atoms with Crippen molar-refractivity contribution >= 4 is 29.0 Å². The molecule has 0 bridgehead atoms. The van der Waals surface area contributed by atoms with Crippen LogP contribution in [0, 0.1) is 5.92 Å². The molecular formula is C18H22N4O2S. The van der Waals surface area contributed by atoms with Gasteiger partial charge in [0.2, 0.25) is 5.91 Å². The fraction of sp³-hybridized carbons (Fsp3) is 0.444. The number of aromatic nitrogens is 2. The molecular weight excluding hydrogens is 336 g/mol. The van der Waals surface area contributed by atoms with Crippen LogP contribution in [0.2, 0.25) is 0 Å². The van der Waals surface area contributed by atoms with Crippen LogP contribution >= 0.6 is 11.5 Å². The summed E-state index contributed by atoms with van der Waals surface area (Å²) in [7, 11) is 0. The lowest BCUT2D eigenvalue weighted by atomic mass is 9.99. The highest BCUT2D eigenvalue weighted by Crippen LogP contribution is 2.29. The van der Waals surface area contributed by atoms with Gasteiger partial charge in [-0.2, -0.15) is 0 Å². The van der Waals surface area contributed by atoms with Crippen LogP contribution in [-0.4, -0.2) is 21.4 Å². The summed E-state index contributed by atoms with van der Waals surface area (Å²) in [5.41, 5.74) is 2.49. The molecule has 0 saturated heterocycles. The van der Waals surface area contributed by atoms with Crippen LogP contribution in [-0.2, 0) is 11.3 Å². The van der Waals surface area contributed by atoms with E-state index in [4.69, 9.17) is 0 Å². The molecule has 1 aliphatic carbocycles. The SMILES string of the molecule is CCC(C)c1ccc(NC(=O)c2snnc2CNC(=O)C2CC2)cc1. The van der Waals surface area contributed by atoms with E-state index in [0.29, 0.717) is 16.5 Å². The quantitative estimate of drug-likeness (QED) is 0.795. The molecule has 0 spiro atoms. The van der Waals surface area contributed by atoms with Crippen molar-refractivity contribution in [3.05, 3.63) is 40.4 Å². The van der Waals surface area contributed by atoms with Crippen LogP contribution in [0.5, 0.6) is 0 Å². The van der Waals surface area contributed by atoms with E-state index in [-0.39, 0.29) is 24.3 Å². The van der Waals surface area contributed by atoms with E-state index in [1.165, 1.54) is 5.56 Å². The molecule has 3 rings (SSSR count). The molecule has 2 N–H and O–H groups in total. The van der Waals surface area contributed by atoms with Gasteiger partial charge in [-0.25, -0.2) is 0 Å². The molecule has 1 fully saturated rings. The maximum atomic E-state index is 12.5. The van der Waals surface area contributed by atoms with Crippen molar-refractivity contribution in [2.45, 2.75) is 45.6 Å². The standard InChI is InChI=1S/C18H22N4O2S/c1-3-11(2)12-6-8-14(9-7-12)20-18(24)16-15(21-22-25-16)10-19-17(23)13-4-5-13/h6-9,11,13H,3-5,10H2,1-2H3,(H,19,23)(H,20,24). The number of carbonyl (C=O) groups excluding carboxylic acids is 2. The second-order valence-electron chi connectivity index (χ2n) is 6.43. The Hall–Kier alpha value is -2.28. The van der Waals surface area contributed by atoms with E-state index in [9.17, 15) is 9.59 Å². The highest BCUT2D eigenvalue weighted by Gasteiger charge is 2.29. The summed E-state index contributed by atoms with van der Waals surface area (Å²) in [6.07, 6.45) is 2.97. The molecule has 0 aliphatic heterocycles. The van der Waals surface area contributed by atoms with E-state index in [2.05, 4.69) is 34.1 Å². The summed E-state index contributed by atoms with van der Waals surface area (Å²) in [6.45, 7) is 4.57. The van der Waals surface area contributed by atoms with Gasteiger partial charge in [0.05, 0.1) is 6.54 Å². The molecule has 7 heteroatoms. The Morgan fingerprint density at radius 3 is 2.64 bits per heavy atom. The third-order valence-corrected chi connectivity index (χ3v) is 5.26.